The number of methoxy groups -OCH3 is 2. The van der Waals surface area contributed by atoms with E-state index < -0.39 is 0 Å². The molecule has 2 aromatic heterocycles. The predicted octanol–water partition coefficient (Wildman–Crippen LogP) is 4.59. The van der Waals surface area contributed by atoms with Crippen LogP contribution in [0.4, 0.5) is 11.6 Å². The third kappa shape index (κ3) is 5.63. The number of rotatable bonds is 9. The van der Waals surface area contributed by atoms with Crippen LogP contribution in [0, 0.1) is 6.92 Å². The van der Waals surface area contributed by atoms with Gasteiger partial charge in [0, 0.05) is 43.6 Å². The summed E-state index contributed by atoms with van der Waals surface area (Å²) < 4.78 is 16.3. The van der Waals surface area contributed by atoms with E-state index in [1.807, 2.05) is 43.3 Å². The number of fused-ring (bicyclic) bond motifs is 1. The van der Waals surface area contributed by atoms with E-state index in [-0.39, 0.29) is 5.91 Å². The minimum Gasteiger partial charge on any atom is -0.493 e. The highest BCUT2D eigenvalue weighted by Crippen LogP contribution is 2.33. The van der Waals surface area contributed by atoms with Crippen LogP contribution in [0.5, 0.6) is 11.5 Å². The van der Waals surface area contributed by atoms with Gasteiger partial charge in [0.25, 0.3) is 5.91 Å². The van der Waals surface area contributed by atoms with Gasteiger partial charge < -0.3 is 24.5 Å². The molecule has 0 fully saturated rings. The number of anilines is 2. The molecule has 9 nitrogen and oxygen atoms in total. The van der Waals surface area contributed by atoms with Gasteiger partial charge in [-0.25, -0.2) is 9.97 Å². The Morgan fingerprint density at radius 1 is 1.08 bits per heavy atom. The molecule has 1 aliphatic rings. The average molecular weight is 514 g/mol. The Morgan fingerprint density at radius 3 is 2.66 bits per heavy atom. The maximum absolute atomic E-state index is 12.9. The number of nitrogens with zero attached hydrogens (tertiary/aromatic N) is 3. The van der Waals surface area contributed by atoms with Crippen LogP contribution < -0.4 is 20.1 Å². The number of benzene rings is 2. The van der Waals surface area contributed by atoms with E-state index >= 15 is 0 Å². The van der Waals surface area contributed by atoms with Crippen LogP contribution >= 0.6 is 0 Å². The van der Waals surface area contributed by atoms with Crippen molar-refractivity contribution in [1.82, 2.24) is 20.2 Å². The Bertz CT molecular complexity index is 1420. The summed E-state index contributed by atoms with van der Waals surface area (Å²) in [5.41, 5.74) is 5.51. The first-order valence-electron chi connectivity index (χ1n) is 12.5. The monoisotopic (exact) mass is 513 g/mol. The van der Waals surface area contributed by atoms with E-state index in [9.17, 15) is 4.79 Å². The maximum Gasteiger partial charge on any atom is 0.251 e. The lowest BCUT2D eigenvalue weighted by Crippen LogP contribution is -2.37. The third-order valence-electron chi connectivity index (χ3n) is 6.69. The van der Waals surface area contributed by atoms with Gasteiger partial charge in [-0.2, -0.15) is 0 Å². The van der Waals surface area contributed by atoms with Gasteiger partial charge in [0.05, 0.1) is 20.5 Å². The zero-order valence-electron chi connectivity index (χ0n) is 21.8. The molecule has 0 atom stereocenters. The van der Waals surface area contributed by atoms with Gasteiger partial charge in [0.2, 0.25) is 5.95 Å². The fraction of sp³-hybridized carbons (Fsp3) is 0.276. The largest absolute Gasteiger partial charge is 0.493 e. The number of aryl methyl sites for hydroxylation is 1. The number of carbonyl (C=O) groups excluding carboxylic acids is 1. The smallest absolute Gasteiger partial charge is 0.251 e. The Labute approximate surface area is 221 Å². The molecule has 0 bridgehead atoms. The van der Waals surface area contributed by atoms with Crippen LogP contribution in [0.3, 0.4) is 0 Å². The standard InChI is InChI=1S/C29H31N5O4/c1-19-6-7-21(15-24(19)33-29-31-10-8-23(32-29)25-5-4-14-38-25)28(35)30-11-13-34-12-9-20-16-26(36-2)27(37-3)17-22(20)18-34/h4-8,10,14-17H,9,11-13,18H2,1-3H3,(H,30,35)(H,31,32,33). The molecule has 5 rings (SSSR count). The van der Waals surface area contributed by atoms with Gasteiger partial charge in [0.1, 0.15) is 5.69 Å². The first-order valence-corrected chi connectivity index (χ1v) is 12.5. The average Bonchev–Trinajstić information content (AvgIpc) is 3.49. The highest BCUT2D eigenvalue weighted by molar-refractivity contribution is 5.95. The van der Waals surface area contributed by atoms with E-state index in [4.69, 9.17) is 13.9 Å². The fourth-order valence-electron chi connectivity index (χ4n) is 4.56. The SMILES string of the molecule is COc1cc2c(cc1OC)CN(CCNC(=O)c1ccc(C)c(Nc3nccc(-c4ccco4)n3)c1)CC2. The van der Waals surface area contributed by atoms with Crippen molar-refractivity contribution in [2.45, 2.75) is 19.9 Å². The van der Waals surface area contributed by atoms with Crippen molar-refractivity contribution in [3.8, 4) is 23.0 Å². The van der Waals surface area contributed by atoms with Crippen molar-refractivity contribution < 1.29 is 18.7 Å². The van der Waals surface area contributed by atoms with Crippen LogP contribution in [0.25, 0.3) is 11.5 Å². The van der Waals surface area contributed by atoms with Gasteiger partial charge >= 0.3 is 0 Å². The minimum atomic E-state index is -0.123. The van der Waals surface area contributed by atoms with Gasteiger partial charge in [-0.1, -0.05) is 6.07 Å². The zero-order chi connectivity index (χ0) is 26.5. The first kappa shape index (κ1) is 25.3. The van der Waals surface area contributed by atoms with Crippen molar-refractivity contribution in [2.24, 2.45) is 0 Å². The molecular formula is C29H31N5O4. The van der Waals surface area contributed by atoms with Crippen LogP contribution in [-0.4, -0.2) is 54.6 Å². The van der Waals surface area contributed by atoms with Crippen LogP contribution in [0.15, 0.2) is 65.4 Å². The van der Waals surface area contributed by atoms with Crippen LogP contribution in [-0.2, 0) is 13.0 Å². The minimum absolute atomic E-state index is 0.123. The molecule has 3 heterocycles. The van der Waals surface area contributed by atoms with Crippen molar-refractivity contribution >= 4 is 17.5 Å². The van der Waals surface area contributed by atoms with E-state index in [0.29, 0.717) is 29.5 Å². The summed E-state index contributed by atoms with van der Waals surface area (Å²) in [6, 6.07) is 15.1. The highest BCUT2D eigenvalue weighted by atomic mass is 16.5. The summed E-state index contributed by atoms with van der Waals surface area (Å²) in [5, 5.41) is 6.29. The number of ether oxygens (including phenoxy) is 2. The normalized spacial score (nSPS) is 13.0. The fourth-order valence-corrected chi connectivity index (χ4v) is 4.56. The summed E-state index contributed by atoms with van der Waals surface area (Å²) in [7, 11) is 3.31. The molecule has 38 heavy (non-hydrogen) atoms. The first-order chi connectivity index (χ1) is 18.5. The Balaban J connectivity index is 1.19. The molecule has 4 aromatic rings. The van der Waals surface area contributed by atoms with Crippen molar-refractivity contribution in [3.63, 3.8) is 0 Å². The van der Waals surface area contributed by atoms with E-state index in [2.05, 4.69) is 31.6 Å². The summed E-state index contributed by atoms with van der Waals surface area (Å²) in [6.45, 7) is 5.00. The van der Waals surface area contributed by atoms with Crippen molar-refractivity contribution in [3.05, 3.63) is 83.2 Å². The van der Waals surface area contributed by atoms with Crippen LogP contribution in [0.2, 0.25) is 0 Å². The summed E-state index contributed by atoms with van der Waals surface area (Å²) in [5.74, 6) is 2.47. The third-order valence-corrected chi connectivity index (χ3v) is 6.69. The van der Waals surface area contributed by atoms with Crippen LogP contribution in [0.1, 0.15) is 27.0 Å². The number of nitrogens with one attached hydrogen (secondary N) is 2. The Hall–Kier alpha value is -4.37. The Kier molecular flexibility index (Phi) is 7.55. The van der Waals surface area contributed by atoms with E-state index in [1.54, 1.807) is 32.7 Å². The van der Waals surface area contributed by atoms with Gasteiger partial charge in [0.15, 0.2) is 17.3 Å². The zero-order valence-corrected chi connectivity index (χ0v) is 21.8. The predicted molar refractivity (Wildman–Crippen MR) is 145 cm³/mol. The summed E-state index contributed by atoms with van der Waals surface area (Å²) in [6.07, 6.45) is 4.21. The molecule has 0 saturated heterocycles. The molecular weight excluding hydrogens is 482 g/mol. The lowest BCUT2D eigenvalue weighted by atomic mass is 9.99. The topological polar surface area (TPSA) is 102 Å². The van der Waals surface area contributed by atoms with Gasteiger partial charge in [-0.3, -0.25) is 9.69 Å². The second-order valence-corrected chi connectivity index (χ2v) is 9.16. The number of carbonyl (C=O) groups is 1. The van der Waals surface area contributed by atoms with Crippen molar-refractivity contribution in [1.29, 1.82) is 0 Å². The maximum atomic E-state index is 12.9. The molecule has 0 unspecified atom stereocenters. The molecule has 2 N–H and O–H groups in total. The number of furan rings is 1. The molecule has 0 saturated carbocycles. The van der Waals surface area contributed by atoms with Crippen molar-refractivity contribution in [2.75, 3.05) is 39.2 Å². The molecule has 1 amide bonds. The van der Waals surface area contributed by atoms with E-state index in [0.717, 1.165) is 48.8 Å². The van der Waals surface area contributed by atoms with E-state index in [1.165, 1.54) is 11.1 Å². The number of hydrogen-bond acceptors (Lipinski definition) is 8. The molecule has 0 aliphatic carbocycles. The quantitative estimate of drug-likeness (QED) is 0.335. The second kappa shape index (κ2) is 11.4. The molecule has 1 aliphatic heterocycles. The van der Waals surface area contributed by atoms with Gasteiger partial charge in [-0.05, 0) is 72.5 Å². The molecule has 2 aromatic carbocycles. The number of aromatic nitrogens is 2. The highest BCUT2D eigenvalue weighted by Gasteiger charge is 2.19. The molecule has 196 valence electrons. The summed E-state index contributed by atoms with van der Waals surface area (Å²) in [4.78, 5) is 24.1. The molecule has 0 spiro atoms. The Morgan fingerprint density at radius 2 is 1.89 bits per heavy atom. The second-order valence-electron chi connectivity index (χ2n) is 9.16. The summed E-state index contributed by atoms with van der Waals surface area (Å²) >= 11 is 0. The lowest BCUT2D eigenvalue weighted by Gasteiger charge is -2.29. The molecule has 0 radical (unpaired) electrons. The lowest BCUT2D eigenvalue weighted by molar-refractivity contribution is 0.0947. The molecule has 9 heteroatoms. The van der Waals surface area contributed by atoms with Gasteiger partial charge in [-0.15, -0.1) is 0 Å². The number of hydrogen-bond donors (Lipinski definition) is 2. The number of amides is 1.